The van der Waals surface area contributed by atoms with Crippen LogP contribution in [0.15, 0.2) is 24.4 Å². The van der Waals surface area contributed by atoms with E-state index in [0.29, 0.717) is 11.6 Å². The molecule has 5 nitrogen and oxygen atoms in total. The topological polar surface area (TPSA) is 61.3 Å². The summed E-state index contributed by atoms with van der Waals surface area (Å²) in [5.74, 6) is 1.23. The van der Waals surface area contributed by atoms with Crippen LogP contribution in [0.3, 0.4) is 0 Å². The monoisotopic (exact) mass is 350 g/mol. The molecular weight excluding hydrogens is 335 g/mol. The molecule has 1 aliphatic heterocycles. The number of rotatable bonds is 4. The lowest BCUT2D eigenvalue weighted by Gasteiger charge is -2.26. The van der Waals surface area contributed by atoms with Gasteiger partial charge in [0.1, 0.15) is 5.82 Å². The highest BCUT2D eigenvalue weighted by Crippen LogP contribution is 2.35. The maximum Gasteiger partial charge on any atom is 0.229 e. The third kappa shape index (κ3) is 3.35. The lowest BCUT2D eigenvalue weighted by atomic mass is 10.2. The zero-order valence-electron chi connectivity index (χ0n) is 12.6. The van der Waals surface area contributed by atoms with E-state index in [4.69, 9.17) is 23.2 Å². The SMILES string of the molecule is CCCN1CC=Cc2cnc(Nc3cc(Cl)c(O)c(Cl)c3)nc21. The van der Waals surface area contributed by atoms with Gasteiger partial charge in [-0.05, 0) is 18.6 Å². The molecule has 0 amide bonds. The van der Waals surface area contributed by atoms with Gasteiger partial charge in [-0.2, -0.15) is 4.98 Å². The molecule has 1 aliphatic rings. The number of nitrogens with zero attached hydrogens (tertiary/aromatic N) is 3. The lowest BCUT2D eigenvalue weighted by Crippen LogP contribution is -2.28. The normalized spacial score (nSPS) is 13.1. The number of benzene rings is 1. The molecule has 2 N–H and O–H groups in total. The van der Waals surface area contributed by atoms with Gasteiger partial charge in [-0.3, -0.25) is 0 Å². The van der Waals surface area contributed by atoms with Crippen molar-refractivity contribution in [3.8, 4) is 5.75 Å². The van der Waals surface area contributed by atoms with E-state index in [-0.39, 0.29) is 15.8 Å². The Morgan fingerprint density at radius 3 is 2.74 bits per heavy atom. The van der Waals surface area contributed by atoms with Crippen molar-refractivity contribution in [2.24, 2.45) is 0 Å². The molecule has 2 heterocycles. The van der Waals surface area contributed by atoms with Crippen LogP contribution in [0.5, 0.6) is 5.75 Å². The molecule has 0 atom stereocenters. The van der Waals surface area contributed by atoms with Gasteiger partial charge in [-0.1, -0.05) is 42.3 Å². The summed E-state index contributed by atoms with van der Waals surface area (Å²) < 4.78 is 0. The summed E-state index contributed by atoms with van der Waals surface area (Å²) in [5, 5.41) is 13.0. The standard InChI is InChI=1S/C16H16Cl2N4O/c1-2-5-22-6-3-4-10-9-19-16(21-15(10)22)20-11-7-12(17)14(23)13(18)8-11/h3-4,7-9,23H,2,5-6H2,1H3,(H,19,20,21). The highest BCUT2D eigenvalue weighted by Gasteiger charge is 2.16. The van der Waals surface area contributed by atoms with E-state index < -0.39 is 0 Å². The number of aromatic hydroxyl groups is 1. The number of fused-ring (bicyclic) bond motifs is 1. The van der Waals surface area contributed by atoms with E-state index in [9.17, 15) is 5.11 Å². The minimum atomic E-state index is -0.135. The van der Waals surface area contributed by atoms with Crippen LogP contribution >= 0.6 is 23.2 Å². The first kappa shape index (κ1) is 15.9. The van der Waals surface area contributed by atoms with Crippen LogP contribution in [0.2, 0.25) is 10.0 Å². The predicted molar refractivity (Wildman–Crippen MR) is 95.0 cm³/mol. The number of halogens is 2. The van der Waals surface area contributed by atoms with Gasteiger partial charge < -0.3 is 15.3 Å². The first-order chi connectivity index (χ1) is 11.1. The summed E-state index contributed by atoms with van der Waals surface area (Å²) in [5.41, 5.74) is 1.61. The first-order valence-electron chi connectivity index (χ1n) is 7.32. The maximum absolute atomic E-state index is 9.61. The van der Waals surface area contributed by atoms with Gasteiger partial charge >= 0.3 is 0 Å². The summed E-state index contributed by atoms with van der Waals surface area (Å²) in [7, 11) is 0. The van der Waals surface area contributed by atoms with Crippen molar-refractivity contribution < 1.29 is 5.11 Å². The highest BCUT2D eigenvalue weighted by molar-refractivity contribution is 6.37. The summed E-state index contributed by atoms with van der Waals surface area (Å²) >= 11 is 11.9. The Morgan fingerprint density at radius 2 is 2.04 bits per heavy atom. The van der Waals surface area contributed by atoms with Gasteiger partial charge in [0, 0.05) is 30.5 Å². The largest absolute Gasteiger partial charge is 0.505 e. The molecule has 0 fully saturated rings. The third-order valence-corrected chi connectivity index (χ3v) is 4.06. The van der Waals surface area contributed by atoms with E-state index >= 15 is 0 Å². The fourth-order valence-corrected chi connectivity index (χ4v) is 2.93. The van der Waals surface area contributed by atoms with E-state index in [0.717, 1.165) is 30.9 Å². The van der Waals surface area contributed by atoms with Crippen LogP contribution in [0.1, 0.15) is 18.9 Å². The van der Waals surface area contributed by atoms with Crippen LogP contribution in [0.25, 0.3) is 6.08 Å². The molecule has 1 aromatic heterocycles. The number of anilines is 3. The van der Waals surface area contributed by atoms with Crippen molar-refractivity contribution in [1.29, 1.82) is 0 Å². The van der Waals surface area contributed by atoms with E-state index in [2.05, 4.69) is 33.2 Å². The average molecular weight is 351 g/mol. The van der Waals surface area contributed by atoms with Crippen LogP contribution in [0, 0.1) is 0 Å². The summed E-state index contributed by atoms with van der Waals surface area (Å²) in [6.45, 7) is 3.91. The lowest BCUT2D eigenvalue weighted by molar-refractivity contribution is 0.476. The quantitative estimate of drug-likeness (QED) is 0.796. The molecule has 1 aromatic carbocycles. The van der Waals surface area contributed by atoms with E-state index in [1.54, 1.807) is 18.3 Å². The van der Waals surface area contributed by atoms with Crippen molar-refractivity contribution in [3.63, 3.8) is 0 Å². The van der Waals surface area contributed by atoms with Crippen LogP contribution < -0.4 is 10.2 Å². The Bertz CT molecular complexity index is 741. The molecule has 0 saturated carbocycles. The van der Waals surface area contributed by atoms with Crippen LogP contribution in [-0.4, -0.2) is 28.2 Å². The first-order valence-corrected chi connectivity index (χ1v) is 8.07. The summed E-state index contributed by atoms with van der Waals surface area (Å²) in [6, 6.07) is 3.16. The number of nitrogens with one attached hydrogen (secondary N) is 1. The zero-order valence-corrected chi connectivity index (χ0v) is 14.1. The van der Waals surface area contributed by atoms with Gasteiger partial charge in [0.05, 0.1) is 10.0 Å². The molecule has 0 unspecified atom stereocenters. The zero-order chi connectivity index (χ0) is 16.4. The maximum atomic E-state index is 9.61. The van der Waals surface area contributed by atoms with Crippen molar-refractivity contribution in [2.45, 2.75) is 13.3 Å². The van der Waals surface area contributed by atoms with Gasteiger partial charge in [-0.25, -0.2) is 4.98 Å². The fourth-order valence-electron chi connectivity index (χ4n) is 2.44. The average Bonchev–Trinajstić information content (AvgIpc) is 2.53. The molecule has 0 bridgehead atoms. The minimum Gasteiger partial charge on any atom is -0.505 e. The molecular formula is C16H16Cl2N4O. The van der Waals surface area contributed by atoms with Crippen molar-refractivity contribution in [1.82, 2.24) is 9.97 Å². The minimum absolute atomic E-state index is 0.135. The Labute approximate surface area is 144 Å². The Balaban J connectivity index is 1.90. The van der Waals surface area contributed by atoms with Crippen molar-refractivity contribution >= 4 is 46.7 Å². The predicted octanol–water partition coefficient (Wildman–Crippen LogP) is 4.48. The molecule has 120 valence electrons. The molecule has 7 heteroatoms. The smallest absolute Gasteiger partial charge is 0.229 e. The molecule has 2 aromatic rings. The van der Waals surface area contributed by atoms with Crippen LogP contribution in [0.4, 0.5) is 17.5 Å². The molecule has 0 radical (unpaired) electrons. The van der Waals surface area contributed by atoms with Gasteiger partial charge in [0.2, 0.25) is 5.95 Å². The molecule has 0 aliphatic carbocycles. The number of hydrogen-bond donors (Lipinski definition) is 2. The van der Waals surface area contributed by atoms with E-state index in [1.807, 2.05) is 6.08 Å². The number of aromatic nitrogens is 2. The Hall–Kier alpha value is -1.98. The highest BCUT2D eigenvalue weighted by atomic mass is 35.5. The number of hydrogen-bond acceptors (Lipinski definition) is 5. The molecule has 23 heavy (non-hydrogen) atoms. The van der Waals surface area contributed by atoms with Crippen molar-refractivity contribution in [3.05, 3.63) is 40.0 Å². The van der Waals surface area contributed by atoms with Gasteiger partial charge in [-0.15, -0.1) is 0 Å². The summed E-state index contributed by atoms with van der Waals surface area (Å²) in [6.07, 6.45) is 6.96. The van der Waals surface area contributed by atoms with Gasteiger partial charge in [0.15, 0.2) is 5.75 Å². The third-order valence-electron chi connectivity index (χ3n) is 3.49. The second kappa shape index (κ2) is 6.64. The number of phenols is 1. The second-order valence-electron chi connectivity index (χ2n) is 5.23. The summed E-state index contributed by atoms with van der Waals surface area (Å²) in [4.78, 5) is 11.1. The van der Waals surface area contributed by atoms with Gasteiger partial charge in [0.25, 0.3) is 0 Å². The second-order valence-corrected chi connectivity index (χ2v) is 6.05. The molecule has 3 rings (SSSR count). The van der Waals surface area contributed by atoms with E-state index in [1.165, 1.54) is 0 Å². The number of phenolic OH excluding ortho intramolecular Hbond substituents is 1. The molecule has 0 saturated heterocycles. The fraction of sp³-hybridized carbons (Fsp3) is 0.250. The van der Waals surface area contributed by atoms with Crippen LogP contribution in [-0.2, 0) is 0 Å². The molecule has 0 spiro atoms. The Kier molecular flexibility index (Phi) is 4.59. The Morgan fingerprint density at radius 1 is 1.30 bits per heavy atom. The van der Waals surface area contributed by atoms with Crippen molar-refractivity contribution in [2.75, 3.05) is 23.3 Å².